The number of nitrogens with zero attached hydrogens (tertiary/aromatic N) is 3. The van der Waals surface area contributed by atoms with Gasteiger partial charge in [-0.05, 0) is 36.2 Å². The second-order valence-corrected chi connectivity index (χ2v) is 7.96. The molecule has 1 aromatic carbocycles. The summed E-state index contributed by atoms with van der Waals surface area (Å²) >= 11 is 0. The van der Waals surface area contributed by atoms with Gasteiger partial charge in [-0.3, -0.25) is 19.3 Å². The Bertz CT molecular complexity index is 1040. The number of rotatable bonds is 6. The molecule has 3 heterocycles. The summed E-state index contributed by atoms with van der Waals surface area (Å²) in [6.07, 6.45) is 1.77. The van der Waals surface area contributed by atoms with Crippen LogP contribution in [0.25, 0.3) is 0 Å². The molecule has 2 saturated heterocycles. The highest BCUT2D eigenvalue weighted by Gasteiger charge is 2.51. The number of carbonyl (C=O) groups excluding carboxylic acids is 4. The molecule has 0 aliphatic carbocycles. The first kappa shape index (κ1) is 22.4. The number of imide groups is 1. The van der Waals surface area contributed by atoms with Crippen LogP contribution in [-0.4, -0.2) is 78.3 Å². The number of carbonyl (C=O) groups is 4. The van der Waals surface area contributed by atoms with Crippen molar-refractivity contribution < 1.29 is 28.3 Å². The molecule has 0 radical (unpaired) electrons. The molecule has 0 saturated carbocycles. The van der Waals surface area contributed by atoms with Crippen LogP contribution < -0.4 is 10.1 Å². The van der Waals surface area contributed by atoms with Gasteiger partial charge < -0.3 is 24.3 Å². The van der Waals surface area contributed by atoms with Crippen molar-refractivity contribution in [1.82, 2.24) is 20.0 Å². The fraction of sp³-hybridized carbons (Fsp3) is 0.391. The second-order valence-electron chi connectivity index (χ2n) is 7.96. The zero-order valence-electron chi connectivity index (χ0n) is 18.6. The number of nitrogens with one attached hydrogen (secondary N) is 1. The fourth-order valence-corrected chi connectivity index (χ4v) is 4.23. The van der Waals surface area contributed by atoms with Crippen LogP contribution in [0.4, 0.5) is 4.79 Å². The number of amides is 5. The Morgan fingerprint density at radius 3 is 2.30 bits per heavy atom. The van der Waals surface area contributed by atoms with Gasteiger partial charge in [-0.15, -0.1) is 0 Å². The lowest BCUT2D eigenvalue weighted by molar-refractivity contribution is -0.140. The Morgan fingerprint density at radius 2 is 1.73 bits per heavy atom. The van der Waals surface area contributed by atoms with E-state index >= 15 is 0 Å². The van der Waals surface area contributed by atoms with Gasteiger partial charge in [-0.1, -0.05) is 19.1 Å². The van der Waals surface area contributed by atoms with Crippen LogP contribution >= 0.6 is 0 Å². The molecule has 1 aromatic heterocycles. The molecule has 4 rings (SSSR count). The van der Waals surface area contributed by atoms with Crippen LogP contribution in [0.2, 0.25) is 0 Å². The lowest BCUT2D eigenvalue weighted by Gasteiger charge is -2.35. The van der Waals surface area contributed by atoms with E-state index in [2.05, 4.69) is 5.32 Å². The average Bonchev–Trinajstić information content (AvgIpc) is 3.47. The first-order chi connectivity index (χ1) is 15.9. The summed E-state index contributed by atoms with van der Waals surface area (Å²) in [5, 5.41) is 2.78. The Morgan fingerprint density at radius 1 is 1.06 bits per heavy atom. The molecule has 1 atom stereocenters. The highest BCUT2D eigenvalue weighted by atomic mass is 16.5. The lowest BCUT2D eigenvalue weighted by atomic mass is 9.87. The molecule has 10 heteroatoms. The quantitative estimate of drug-likeness (QED) is 0.661. The van der Waals surface area contributed by atoms with Gasteiger partial charge in [0.25, 0.3) is 11.8 Å². The van der Waals surface area contributed by atoms with Crippen LogP contribution in [0.5, 0.6) is 5.75 Å². The molecule has 2 aromatic rings. The number of furan rings is 1. The van der Waals surface area contributed by atoms with E-state index in [0.29, 0.717) is 43.9 Å². The van der Waals surface area contributed by atoms with E-state index < -0.39 is 17.5 Å². The molecule has 2 fully saturated rings. The SMILES string of the molecule is CCC1(c2ccc(OC)cc2)NC(=O)N(CC(=O)N2CCN(C(=O)c3ccco3)CC2)C1=O. The van der Waals surface area contributed by atoms with Crippen LogP contribution in [0, 0.1) is 0 Å². The first-order valence-electron chi connectivity index (χ1n) is 10.8. The molecule has 2 aliphatic heterocycles. The minimum Gasteiger partial charge on any atom is -0.497 e. The molecule has 0 spiro atoms. The summed E-state index contributed by atoms with van der Waals surface area (Å²) in [4.78, 5) is 55.4. The predicted molar refractivity (Wildman–Crippen MR) is 116 cm³/mol. The highest BCUT2D eigenvalue weighted by Crippen LogP contribution is 2.33. The number of urea groups is 1. The molecule has 5 amide bonds. The standard InChI is InChI=1S/C23H26N4O6/c1-3-23(16-6-8-17(32-2)9-7-16)21(30)27(22(31)24-23)15-19(28)25-10-12-26(13-11-25)20(29)18-5-4-14-33-18/h4-9,14H,3,10-13,15H2,1-2H3,(H,24,31). The van der Waals surface area contributed by atoms with Gasteiger partial charge in [0.1, 0.15) is 17.8 Å². The number of hydrogen-bond donors (Lipinski definition) is 1. The van der Waals surface area contributed by atoms with Crippen molar-refractivity contribution in [3.8, 4) is 5.75 Å². The number of ether oxygens (including phenoxy) is 1. The molecule has 1 unspecified atom stereocenters. The van der Waals surface area contributed by atoms with Crippen molar-refractivity contribution >= 4 is 23.8 Å². The molecule has 174 valence electrons. The number of hydrogen-bond acceptors (Lipinski definition) is 6. The molecular formula is C23H26N4O6. The summed E-state index contributed by atoms with van der Waals surface area (Å²) in [5.41, 5.74) is -0.596. The van der Waals surface area contributed by atoms with Gasteiger partial charge in [0.05, 0.1) is 13.4 Å². The van der Waals surface area contributed by atoms with E-state index in [0.717, 1.165) is 4.90 Å². The van der Waals surface area contributed by atoms with Crippen molar-refractivity contribution in [2.75, 3.05) is 39.8 Å². The van der Waals surface area contributed by atoms with Crippen molar-refractivity contribution in [2.45, 2.75) is 18.9 Å². The van der Waals surface area contributed by atoms with E-state index in [9.17, 15) is 19.2 Å². The van der Waals surface area contributed by atoms with E-state index in [1.165, 1.54) is 6.26 Å². The van der Waals surface area contributed by atoms with E-state index in [1.54, 1.807) is 53.3 Å². The van der Waals surface area contributed by atoms with Gasteiger partial charge >= 0.3 is 6.03 Å². The van der Waals surface area contributed by atoms with Crippen molar-refractivity contribution in [3.63, 3.8) is 0 Å². The number of benzene rings is 1. The minimum atomic E-state index is -1.22. The molecule has 2 aliphatic rings. The first-order valence-corrected chi connectivity index (χ1v) is 10.8. The van der Waals surface area contributed by atoms with Gasteiger partial charge in [0.15, 0.2) is 5.76 Å². The van der Waals surface area contributed by atoms with Gasteiger partial charge in [0, 0.05) is 26.2 Å². The maximum atomic E-state index is 13.3. The summed E-state index contributed by atoms with van der Waals surface area (Å²) < 4.78 is 10.3. The number of methoxy groups -OCH3 is 1. The van der Waals surface area contributed by atoms with Gasteiger partial charge in [-0.25, -0.2) is 4.79 Å². The molecule has 33 heavy (non-hydrogen) atoms. The fourth-order valence-electron chi connectivity index (χ4n) is 4.23. The Hall–Kier alpha value is -3.82. The van der Waals surface area contributed by atoms with Crippen LogP contribution in [0.15, 0.2) is 47.1 Å². The third kappa shape index (κ3) is 4.04. The molecule has 0 bridgehead atoms. The topological polar surface area (TPSA) is 112 Å². The summed E-state index contributed by atoms with van der Waals surface area (Å²) in [7, 11) is 1.55. The third-order valence-corrected chi connectivity index (χ3v) is 6.23. The lowest BCUT2D eigenvalue weighted by Crippen LogP contribution is -2.53. The zero-order chi connectivity index (χ0) is 23.6. The normalized spacial score (nSPS) is 20.7. The maximum Gasteiger partial charge on any atom is 0.325 e. The third-order valence-electron chi connectivity index (χ3n) is 6.23. The summed E-state index contributed by atoms with van der Waals surface area (Å²) in [5.74, 6) is -0.138. The van der Waals surface area contributed by atoms with Crippen LogP contribution in [-0.2, 0) is 15.1 Å². The van der Waals surface area contributed by atoms with E-state index in [-0.39, 0.29) is 24.1 Å². The average molecular weight is 454 g/mol. The number of piperazine rings is 1. The van der Waals surface area contributed by atoms with Crippen molar-refractivity contribution in [3.05, 3.63) is 54.0 Å². The largest absolute Gasteiger partial charge is 0.497 e. The maximum absolute atomic E-state index is 13.3. The van der Waals surface area contributed by atoms with Crippen molar-refractivity contribution in [1.29, 1.82) is 0 Å². The predicted octanol–water partition coefficient (Wildman–Crippen LogP) is 1.43. The van der Waals surface area contributed by atoms with Gasteiger partial charge in [-0.2, -0.15) is 0 Å². The van der Waals surface area contributed by atoms with E-state index in [4.69, 9.17) is 9.15 Å². The molecular weight excluding hydrogens is 428 g/mol. The Balaban J connectivity index is 1.40. The monoisotopic (exact) mass is 454 g/mol. The second kappa shape index (κ2) is 8.97. The molecule has 10 nitrogen and oxygen atoms in total. The summed E-state index contributed by atoms with van der Waals surface area (Å²) in [6, 6.07) is 9.57. The van der Waals surface area contributed by atoms with Crippen LogP contribution in [0.1, 0.15) is 29.5 Å². The Labute approximate surface area is 191 Å². The highest BCUT2D eigenvalue weighted by molar-refractivity contribution is 6.09. The zero-order valence-corrected chi connectivity index (χ0v) is 18.6. The molecule has 1 N–H and O–H groups in total. The van der Waals surface area contributed by atoms with Crippen LogP contribution in [0.3, 0.4) is 0 Å². The van der Waals surface area contributed by atoms with Gasteiger partial charge in [0.2, 0.25) is 5.91 Å². The smallest absolute Gasteiger partial charge is 0.325 e. The Kier molecular flexibility index (Phi) is 6.08. The van der Waals surface area contributed by atoms with E-state index in [1.807, 2.05) is 6.92 Å². The summed E-state index contributed by atoms with van der Waals surface area (Å²) in [6.45, 7) is 2.77. The van der Waals surface area contributed by atoms with Crippen molar-refractivity contribution in [2.24, 2.45) is 0 Å². The minimum absolute atomic E-state index is 0.228.